The van der Waals surface area contributed by atoms with Crippen molar-refractivity contribution in [1.82, 2.24) is 15.1 Å². The molecule has 0 fully saturated rings. The average molecular weight is 390 g/mol. The molecule has 8 nitrogen and oxygen atoms in total. The lowest BCUT2D eigenvalue weighted by atomic mass is 10.1. The number of nitrogens with zero attached hydrogens (tertiary/aromatic N) is 2. The first-order chi connectivity index (χ1) is 14.0. The van der Waals surface area contributed by atoms with Gasteiger partial charge in [0, 0.05) is 11.6 Å². The Balaban J connectivity index is 1.53. The first kappa shape index (κ1) is 18.4. The first-order valence-corrected chi connectivity index (χ1v) is 9.00. The van der Waals surface area contributed by atoms with Gasteiger partial charge in [0.05, 0.1) is 16.6 Å². The molecule has 0 aliphatic heterocycles. The van der Waals surface area contributed by atoms with Crippen LogP contribution < -0.4 is 5.32 Å². The van der Waals surface area contributed by atoms with Crippen molar-refractivity contribution < 1.29 is 18.8 Å². The molecule has 1 amide bonds. The van der Waals surface area contributed by atoms with Crippen LogP contribution in [0.4, 0.5) is 5.82 Å². The fraction of sp³-hybridized carbons (Fsp3) is 0.143. The summed E-state index contributed by atoms with van der Waals surface area (Å²) in [5, 5.41) is 6.23. The summed E-state index contributed by atoms with van der Waals surface area (Å²) in [6, 6.07) is 16.1. The molecule has 4 rings (SSSR count). The van der Waals surface area contributed by atoms with E-state index in [9.17, 15) is 9.59 Å². The fourth-order valence-corrected chi connectivity index (χ4v) is 2.88. The second-order valence-electron chi connectivity index (χ2n) is 6.51. The lowest BCUT2D eigenvalue weighted by Crippen LogP contribution is -2.30. The molecule has 29 heavy (non-hydrogen) atoms. The number of rotatable bonds is 5. The van der Waals surface area contributed by atoms with Gasteiger partial charge >= 0.3 is 5.97 Å². The number of imidazole rings is 1. The number of hydrogen-bond donors (Lipinski definition) is 2. The van der Waals surface area contributed by atoms with Gasteiger partial charge in [-0.1, -0.05) is 35.5 Å². The van der Waals surface area contributed by atoms with Crippen LogP contribution >= 0.6 is 0 Å². The van der Waals surface area contributed by atoms with Crippen molar-refractivity contribution in [1.29, 1.82) is 0 Å². The zero-order valence-electron chi connectivity index (χ0n) is 15.8. The van der Waals surface area contributed by atoms with E-state index in [1.54, 1.807) is 31.2 Å². The third-order valence-electron chi connectivity index (χ3n) is 4.32. The standard InChI is InChI=1S/C21H18N4O4/c1-12-11-18(25-29-12)24-20(26)13(2)28-21(27)15-8-4-3-7-14(15)19-22-16-9-5-6-10-17(16)23-19/h3-11,13H,1-2H3,(H,22,23)(H,24,25,26). The third kappa shape index (κ3) is 3.86. The Morgan fingerprint density at radius 2 is 1.90 bits per heavy atom. The molecule has 4 aromatic rings. The van der Waals surface area contributed by atoms with Crippen molar-refractivity contribution in [2.24, 2.45) is 0 Å². The van der Waals surface area contributed by atoms with E-state index in [4.69, 9.17) is 9.26 Å². The largest absolute Gasteiger partial charge is 0.449 e. The Hall–Kier alpha value is -3.94. The number of anilines is 1. The van der Waals surface area contributed by atoms with Gasteiger partial charge in [-0.25, -0.2) is 9.78 Å². The summed E-state index contributed by atoms with van der Waals surface area (Å²) in [4.78, 5) is 32.8. The fourth-order valence-electron chi connectivity index (χ4n) is 2.88. The number of esters is 1. The molecular formula is C21H18N4O4. The summed E-state index contributed by atoms with van der Waals surface area (Å²) < 4.78 is 10.3. The highest BCUT2D eigenvalue weighted by atomic mass is 16.5. The number of para-hydroxylation sites is 2. The van der Waals surface area contributed by atoms with Crippen LogP contribution in [0.25, 0.3) is 22.4 Å². The minimum atomic E-state index is -1.02. The van der Waals surface area contributed by atoms with Crippen molar-refractivity contribution in [3.63, 3.8) is 0 Å². The number of H-pyrrole nitrogens is 1. The van der Waals surface area contributed by atoms with E-state index < -0.39 is 18.0 Å². The number of aromatic nitrogens is 3. The molecule has 0 aliphatic carbocycles. The van der Waals surface area contributed by atoms with Crippen LogP contribution in [0.5, 0.6) is 0 Å². The Bertz CT molecular complexity index is 1160. The van der Waals surface area contributed by atoms with E-state index in [1.165, 1.54) is 6.92 Å². The topological polar surface area (TPSA) is 110 Å². The van der Waals surface area contributed by atoms with Gasteiger partial charge in [-0.05, 0) is 32.0 Å². The summed E-state index contributed by atoms with van der Waals surface area (Å²) >= 11 is 0. The lowest BCUT2D eigenvalue weighted by molar-refractivity contribution is -0.123. The maximum absolute atomic E-state index is 12.7. The smallest absolute Gasteiger partial charge is 0.339 e. The normalized spacial score (nSPS) is 11.9. The van der Waals surface area contributed by atoms with Crippen LogP contribution in [0.2, 0.25) is 0 Å². The van der Waals surface area contributed by atoms with E-state index in [2.05, 4.69) is 20.4 Å². The van der Waals surface area contributed by atoms with Crippen molar-refractivity contribution in [2.75, 3.05) is 5.32 Å². The Morgan fingerprint density at radius 3 is 2.66 bits per heavy atom. The summed E-state index contributed by atoms with van der Waals surface area (Å²) in [7, 11) is 0. The summed E-state index contributed by atoms with van der Waals surface area (Å²) in [6.45, 7) is 3.20. The summed E-state index contributed by atoms with van der Waals surface area (Å²) in [6.07, 6.45) is -1.02. The van der Waals surface area contributed by atoms with Gasteiger partial charge in [0.2, 0.25) is 0 Å². The molecule has 0 aliphatic rings. The van der Waals surface area contributed by atoms with Gasteiger partial charge < -0.3 is 19.6 Å². The Labute approximate surface area is 165 Å². The third-order valence-corrected chi connectivity index (χ3v) is 4.32. The van der Waals surface area contributed by atoms with Crippen LogP contribution in [-0.4, -0.2) is 33.1 Å². The number of aromatic amines is 1. The predicted octanol–water partition coefficient (Wildman–Crippen LogP) is 3.71. The van der Waals surface area contributed by atoms with E-state index in [-0.39, 0.29) is 5.82 Å². The monoisotopic (exact) mass is 390 g/mol. The highest BCUT2D eigenvalue weighted by Crippen LogP contribution is 2.25. The van der Waals surface area contributed by atoms with E-state index in [0.29, 0.717) is 22.7 Å². The average Bonchev–Trinajstić information content (AvgIpc) is 3.33. The van der Waals surface area contributed by atoms with E-state index >= 15 is 0 Å². The van der Waals surface area contributed by atoms with Crippen LogP contribution in [-0.2, 0) is 9.53 Å². The molecule has 1 atom stereocenters. The van der Waals surface area contributed by atoms with Crippen molar-refractivity contribution in [3.05, 3.63) is 65.9 Å². The second-order valence-corrected chi connectivity index (χ2v) is 6.51. The SMILES string of the molecule is Cc1cc(NC(=O)C(C)OC(=O)c2ccccc2-c2nc3ccccc3[nH]2)no1. The molecule has 2 aromatic carbocycles. The zero-order chi connectivity index (χ0) is 20.4. The van der Waals surface area contributed by atoms with Crippen LogP contribution in [0.3, 0.4) is 0 Å². The molecule has 0 bridgehead atoms. The van der Waals surface area contributed by atoms with Gasteiger partial charge in [0.25, 0.3) is 5.91 Å². The first-order valence-electron chi connectivity index (χ1n) is 9.00. The molecular weight excluding hydrogens is 372 g/mol. The van der Waals surface area contributed by atoms with Crippen molar-refractivity contribution in [2.45, 2.75) is 20.0 Å². The van der Waals surface area contributed by atoms with Crippen LogP contribution in [0.1, 0.15) is 23.0 Å². The minimum Gasteiger partial charge on any atom is -0.449 e. The Morgan fingerprint density at radius 1 is 1.14 bits per heavy atom. The minimum absolute atomic E-state index is 0.262. The lowest BCUT2D eigenvalue weighted by Gasteiger charge is -2.13. The second kappa shape index (κ2) is 7.59. The quantitative estimate of drug-likeness (QED) is 0.503. The number of benzene rings is 2. The number of aryl methyl sites for hydroxylation is 1. The Kier molecular flexibility index (Phi) is 4.82. The zero-order valence-corrected chi connectivity index (χ0v) is 15.8. The predicted molar refractivity (Wildman–Crippen MR) is 106 cm³/mol. The number of nitrogens with one attached hydrogen (secondary N) is 2. The van der Waals surface area contributed by atoms with Gasteiger partial charge in [-0.3, -0.25) is 4.79 Å². The summed E-state index contributed by atoms with van der Waals surface area (Å²) in [5.74, 6) is 0.240. The molecule has 0 spiro atoms. The number of fused-ring (bicyclic) bond motifs is 1. The van der Waals surface area contributed by atoms with Gasteiger partial charge in [0.15, 0.2) is 11.9 Å². The molecule has 2 N–H and O–H groups in total. The highest BCUT2D eigenvalue weighted by Gasteiger charge is 2.23. The maximum Gasteiger partial charge on any atom is 0.339 e. The molecule has 2 aromatic heterocycles. The molecule has 2 heterocycles. The van der Waals surface area contributed by atoms with Crippen LogP contribution in [0.15, 0.2) is 59.1 Å². The molecule has 146 valence electrons. The van der Waals surface area contributed by atoms with Gasteiger partial charge in [-0.2, -0.15) is 0 Å². The summed E-state index contributed by atoms with van der Waals surface area (Å²) in [5.41, 5.74) is 2.56. The van der Waals surface area contributed by atoms with Gasteiger partial charge in [-0.15, -0.1) is 0 Å². The molecule has 8 heteroatoms. The number of carbonyl (C=O) groups is 2. The van der Waals surface area contributed by atoms with E-state index in [1.807, 2.05) is 30.3 Å². The molecule has 1 unspecified atom stereocenters. The van der Waals surface area contributed by atoms with Crippen molar-refractivity contribution in [3.8, 4) is 11.4 Å². The maximum atomic E-state index is 12.7. The van der Waals surface area contributed by atoms with Crippen molar-refractivity contribution >= 4 is 28.7 Å². The van der Waals surface area contributed by atoms with Gasteiger partial charge in [0.1, 0.15) is 11.6 Å². The number of amides is 1. The van der Waals surface area contributed by atoms with E-state index in [0.717, 1.165) is 11.0 Å². The number of ether oxygens (including phenoxy) is 1. The molecule has 0 saturated carbocycles. The van der Waals surface area contributed by atoms with Crippen LogP contribution in [0, 0.1) is 6.92 Å². The highest BCUT2D eigenvalue weighted by molar-refractivity contribution is 6.00. The molecule has 0 saturated heterocycles. The molecule has 0 radical (unpaired) electrons. The number of carbonyl (C=O) groups excluding carboxylic acids is 2. The number of hydrogen-bond acceptors (Lipinski definition) is 6.